The average molecular weight is 583 g/mol. The lowest BCUT2D eigenvalue weighted by Crippen LogP contribution is -2.46. The fraction of sp³-hybridized carbons (Fsp3) is 0.462. The van der Waals surface area contributed by atoms with Gasteiger partial charge in [0.25, 0.3) is 9.84 Å². The smallest absolute Gasteiger partial charge is 0.493 e. The maximum Gasteiger partial charge on any atom is 0.501 e. The van der Waals surface area contributed by atoms with Crippen LogP contribution in [-0.2, 0) is 9.84 Å². The number of halogens is 3. The monoisotopic (exact) mass is 582 g/mol. The number of aromatic nitrogens is 3. The molecule has 0 spiro atoms. The minimum Gasteiger partial charge on any atom is -0.493 e. The highest BCUT2D eigenvalue weighted by molar-refractivity contribution is 7.92. The molecule has 0 aliphatic carbocycles. The Bertz CT molecular complexity index is 1510. The van der Waals surface area contributed by atoms with Crippen molar-refractivity contribution >= 4 is 15.5 Å². The Morgan fingerprint density at radius 2 is 1.65 bits per heavy atom. The molecule has 1 aromatic carbocycles. The van der Waals surface area contributed by atoms with Crippen molar-refractivity contribution in [2.75, 3.05) is 51.2 Å². The molecular formula is C26H33F3N6O4S. The number of anilines is 1. The van der Waals surface area contributed by atoms with E-state index in [4.69, 9.17) is 0 Å². The highest BCUT2D eigenvalue weighted by atomic mass is 32.2. The third-order valence-corrected chi connectivity index (χ3v) is 8.86. The van der Waals surface area contributed by atoms with Crippen LogP contribution >= 0.6 is 0 Å². The summed E-state index contributed by atoms with van der Waals surface area (Å²) in [6.45, 7) is 9.93. The summed E-state index contributed by atoms with van der Waals surface area (Å²) in [7, 11) is -3.51. The van der Waals surface area contributed by atoms with Crippen molar-refractivity contribution in [2.24, 2.45) is 0 Å². The number of benzene rings is 1. The first-order valence-electron chi connectivity index (χ1n) is 12.9. The first-order valence-corrected chi connectivity index (χ1v) is 14.4. The number of rotatable bonds is 8. The molecule has 0 saturated carbocycles. The lowest BCUT2D eigenvalue weighted by atomic mass is 10.1. The molecule has 1 aliphatic heterocycles. The quantitative estimate of drug-likeness (QED) is 0.433. The van der Waals surface area contributed by atoms with Gasteiger partial charge in [0.05, 0.1) is 28.2 Å². The van der Waals surface area contributed by atoms with E-state index in [0.717, 1.165) is 66.3 Å². The molecule has 218 valence electrons. The number of sulfone groups is 1. The van der Waals surface area contributed by atoms with Gasteiger partial charge in [-0.15, -0.1) is 0 Å². The first kappa shape index (κ1) is 29.6. The van der Waals surface area contributed by atoms with E-state index in [-0.39, 0.29) is 11.4 Å². The van der Waals surface area contributed by atoms with Crippen LogP contribution in [0.5, 0.6) is 5.88 Å². The van der Waals surface area contributed by atoms with Crippen LogP contribution in [0.25, 0.3) is 5.69 Å². The van der Waals surface area contributed by atoms with Crippen LogP contribution in [-0.4, -0.2) is 89.3 Å². The van der Waals surface area contributed by atoms with Crippen molar-refractivity contribution in [1.29, 1.82) is 0 Å². The highest BCUT2D eigenvalue weighted by Gasteiger charge is 2.46. The third kappa shape index (κ3) is 5.22. The molecule has 14 heteroatoms. The van der Waals surface area contributed by atoms with Crippen molar-refractivity contribution in [3.63, 3.8) is 0 Å². The first-order chi connectivity index (χ1) is 18.8. The molecule has 1 atom stereocenters. The fourth-order valence-corrected chi connectivity index (χ4v) is 5.80. The number of nitrogens with zero attached hydrogens (tertiary/aromatic N) is 6. The maximum absolute atomic E-state index is 13.9. The van der Waals surface area contributed by atoms with Gasteiger partial charge in [-0.05, 0) is 57.4 Å². The molecule has 1 aliphatic rings. The van der Waals surface area contributed by atoms with Crippen LogP contribution in [0.3, 0.4) is 0 Å². The van der Waals surface area contributed by atoms with Crippen molar-refractivity contribution in [1.82, 2.24) is 23.9 Å². The molecule has 40 heavy (non-hydrogen) atoms. The number of pyridine rings is 1. The van der Waals surface area contributed by atoms with Gasteiger partial charge in [0.2, 0.25) is 5.88 Å². The molecule has 0 radical (unpaired) electrons. The summed E-state index contributed by atoms with van der Waals surface area (Å²) in [6.07, 6.45) is 2.80. The second-order valence-corrected chi connectivity index (χ2v) is 11.6. The topological polar surface area (TPSA) is 104 Å². The summed E-state index contributed by atoms with van der Waals surface area (Å²) >= 11 is 0. The number of piperazine rings is 1. The number of hydrogen-bond donors (Lipinski definition) is 1. The summed E-state index contributed by atoms with van der Waals surface area (Å²) in [5.74, 6) is -0.399. The Morgan fingerprint density at radius 3 is 2.20 bits per heavy atom. The van der Waals surface area contributed by atoms with Crippen molar-refractivity contribution in [3.8, 4) is 11.6 Å². The fourth-order valence-electron chi connectivity index (χ4n) is 5.04. The normalized spacial score (nSPS) is 16.1. The molecule has 1 saturated heterocycles. The zero-order valence-electron chi connectivity index (χ0n) is 22.8. The number of alkyl halides is 3. The summed E-state index contributed by atoms with van der Waals surface area (Å²) in [6, 6.07) is 5.53. The van der Waals surface area contributed by atoms with Crippen LogP contribution in [0.4, 0.5) is 18.9 Å². The zero-order chi connectivity index (χ0) is 29.4. The summed E-state index contributed by atoms with van der Waals surface area (Å²) < 4.78 is 65.0. The molecule has 0 bridgehead atoms. The van der Waals surface area contributed by atoms with Crippen LogP contribution < -0.4 is 10.6 Å². The van der Waals surface area contributed by atoms with E-state index in [1.807, 2.05) is 19.9 Å². The van der Waals surface area contributed by atoms with Gasteiger partial charge < -0.3 is 14.9 Å². The van der Waals surface area contributed by atoms with E-state index in [0.29, 0.717) is 13.1 Å². The lowest BCUT2D eigenvalue weighted by Gasteiger charge is -2.38. The Labute approximate surface area is 230 Å². The van der Waals surface area contributed by atoms with Crippen LogP contribution in [0.2, 0.25) is 0 Å². The van der Waals surface area contributed by atoms with E-state index in [1.54, 1.807) is 19.3 Å². The lowest BCUT2D eigenvalue weighted by molar-refractivity contribution is -0.0436. The zero-order valence-corrected chi connectivity index (χ0v) is 23.6. The number of imidazole rings is 1. The number of likely N-dealkylation sites (N-methyl/N-ethyl adjacent to an activating group) is 1. The Balaban J connectivity index is 1.86. The second kappa shape index (κ2) is 11.3. The number of aromatic hydroxyl groups is 1. The van der Waals surface area contributed by atoms with Gasteiger partial charge in [0.1, 0.15) is 6.17 Å². The van der Waals surface area contributed by atoms with Crippen LogP contribution in [0, 0.1) is 6.92 Å². The van der Waals surface area contributed by atoms with E-state index < -0.39 is 38.0 Å². The molecule has 1 N–H and O–H groups in total. The molecular weight excluding hydrogens is 549 g/mol. The molecule has 4 rings (SSSR count). The molecule has 0 amide bonds. The van der Waals surface area contributed by atoms with Gasteiger partial charge in [-0.2, -0.15) is 13.2 Å². The van der Waals surface area contributed by atoms with Gasteiger partial charge in [-0.1, -0.05) is 13.8 Å². The largest absolute Gasteiger partial charge is 0.501 e. The predicted molar refractivity (Wildman–Crippen MR) is 145 cm³/mol. The molecule has 1 fully saturated rings. The summed E-state index contributed by atoms with van der Waals surface area (Å²) in [4.78, 5) is 23.8. The SMILES string of the molecule is CCN(CC)C(c1ccncc1N1CCN(C)CC1)n1c(C)c(O)n(-c2ccc(S(=O)(=O)C(F)(F)F)cc2)c1=O. The van der Waals surface area contributed by atoms with E-state index in [2.05, 4.69) is 26.7 Å². The third-order valence-electron chi connectivity index (χ3n) is 7.36. The van der Waals surface area contributed by atoms with E-state index >= 15 is 0 Å². The summed E-state index contributed by atoms with van der Waals surface area (Å²) in [5.41, 5.74) is -4.13. The minimum absolute atomic E-state index is 0.0257. The Hall–Kier alpha value is -3.36. The second-order valence-electron chi connectivity index (χ2n) is 9.66. The Morgan fingerprint density at radius 1 is 1.05 bits per heavy atom. The molecule has 3 aromatic rings. The van der Waals surface area contributed by atoms with Gasteiger partial charge >= 0.3 is 11.2 Å². The molecule has 10 nitrogen and oxygen atoms in total. The van der Waals surface area contributed by atoms with Gasteiger partial charge in [0.15, 0.2) is 0 Å². The number of hydrogen-bond acceptors (Lipinski definition) is 8. The van der Waals surface area contributed by atoms with Crippen molar-refractivity contribution in [3.05, 3.63) is 64.5 Å². The van der Waals surface area contributed by atoms with Crippen molar-refractivity contribution < 1.29 is 26.7 Å². The molecule has 1 unspecified atom stereocenters. The maximum atomic E-state index is 13.9. The summed E-state index contributed by atoms with van der Waals surface area (Å²) in [5, 5.41) is 11.1. The van der Waals surface area contributed by atoms with Crippen molar-refractivity contribution in [2.45, 2.75) is 37.3 Å². The predicted octanol–water partition coefficient (Wildman–Crippen LogP) is 2.98. The van der Waals surface area contributed by atoms with Gasteiger partial charge in [-0.25, -0.2) is 17.8 Å². The van der Waals surface area contributed by atoms with Gasteiger partial charge in [0, 0.05) is 37.9 Å². The van der Waals surface area contributed by atoms with Crippen LogP contribution in [0.15, 0.2) is 52.4 Å². The van der Waals surface area contributed by atoms with Gasteiger partial charge in [-0.3, -0.25) is 14.5 Å². The standard InChI is InChI=1S/C26H33F3N6O4S/c1-5-32(6-2)23(21-11-12-30-17-22(21)33-15-13-31(4)14-16-33)34-18(3)24(36)35(25(34)37)19-7-9-20(10-8-19)40(38,39)26(27,28)29/h7-12,17,23,36H,5-6,13-16H2,1-4H3. The van der Waals surface area contributed by atoms with Crippen LogP contribution in [0.1, 0.15) is 31.3 Å². The van der Waals surface area contributed by atoms with E-state index in [1.165, 1.54) is 4.57 Å². The highest BCUT2D eigenvalue weighted by Crippen LogP contribution is 2.35. The minimum atomic E-state index is -5.56. The molecule has 2 aromatic heterocycles. The van der Waals surface area contributed by atoms with E-state index in [9.17, 15) is 31.5 Å². The molecule has 3 heterocycles. The Kier molecular flexibility index (Phi) is 8.33. The average Bonchev–Trinajstić information content (AvgIpc) is 3.14.